The van der Waals surface area contributed by atoms with E-state index in [2.05, 4.69) is 20.7 Å². The molecular formula is C11H13BrF3NO. The van der Waals surface area contributed by atoms with E-state index in [9.17, 15) is 13.2 Å². The summed E-state index contributed by atoms with van der Waals surface area (Å²) in [7, 11) is 0. The van der Waals surface area contributed by atoms with Gasteiger partial charge in [0, 0.05) is 10.5 Å². The third-order valence-electron chi connectivity index (χ3n) is 2.04. The van der Waals surface area contributed by atoms with Gasteiger partial charge in [-0.25, -0.2) is 0 Å². The number of alkyl halides is 3. The number of benzene rings is 1. The molecule has 0 spiro atoms. The van der Waals surface area contributed by atoms with Gasteiger partial charge in [0.05, 0.1) is 6.61 Å². The maximum Gasteiger partial charge on any atom is 0.411 e. The van der Waals surface area contributed by atoms with Crippen LogP contribution < -0.4 is 5.73 Å². The highest BCUT2D eigenvalue weighted by molar-refractivity contribution is 9.10. The van der Waals surface area contributed by atoms with Crippen molar-refractivity contribution in [3.63, 3.8) is 0 Å². The number of ether oxygens (including phenoxy) is 1. The Balaban J connectivity index is 2.35. The van der Waals surface area contributed by atoms with Gasteiger partial charge >= 0.3 is 6.18 Å². The fourth-order valence-electron chi connectivity index (χ4n) is 1.33. The van der Waals surface area contributed by atoms with Crippen LogP contribution in [-0.2, 0) is 11.2 Å². The first kappa shape index (κ1) is 14.5. The standard InChI is InChI=1S/C11H13BrF3NO/c12-10-4-2-1-3-8(10)5-9(16)6-17-7-11(13,14)15/h1-4,9H,5-7,16H2. The molecule has 0 aliphatic heterocycles. The molecule has 0 saturated heterocycles. The maximum absolute atomic E-state index is 11.8. The fraction of sp³-hybridized carbons (Fsp3) is 0.455. The highest BCUT2D eigenvalue weighted by Gasteiger charge is 2.27. The van der Waals surface area contributed by atoms with E-state index in [1.807, 2.05) is 24.3 Å². The molecule has 0 bridgehead atoms. The van der Waals surface area contributed by atoms with E-state index in [-0.39, 0.29) is 6.61 Å². The Morgan fingerprint density at radius 3 is 2.53 bits per heavy atom. The van der Waals surface area contributed by atoms with E-state index in [1.165, 1.54) is 0 Å². The third kappa shape index (κ3) is 6.05. The van der Waals surface area contributed by atoms with Crippen LogP contribution in [0.15, 0.2) is 28.7 Å². The van der Waals surface area contributed by atoms with Crippen LogP contribution in [0.1, 0.15) is 5.56 Å². The number of nitrogens with two attached hydrogens (primary N) is 1. The molecule has 1 unspecified atom stereocenters. The Labute approximate surface area is 106 Å². The van der Waals surface area contributed by atoms with E-state index in [4.69, 9.17) is 5.73 Å². The molecule has 1 atom stereocenters. The van der Waals surface area contributed by atoms with E-state index in [0.717, 1.165) is 10.0 Å². The third-order valence-corrected chi connectivity index (χ3v) is 2.81. The van der Waals surface area contributed by atoms with Gasteiger partial charge in [-0.2, -0.15) is 13.2 Å². The van der Waals surface area contributed by atoms with Crippen LogP contribution in [0.25, 0.3) is 0 Å². The summed E-state index contributed by atoms with van der Waals surface area (Å²) in [4.78, 5) is 0. The number of halogens is 4. The zero-order chi connectivity index (χ0) is 12.9. The van der Waals surface area contributed by atoms with Crippen molar-refractivity contribution in [2.45, 2.75) is 18.6 Å². The predicted molar refractivity (Wildman–Crippen MR) is 62.7 cm³/mol. The van der Waals surface area contributed by atoms with Crippen LogP contribution in [0.3, 0.4) is 0 Å². The monoisotopic (exact) mass is 311 g/mol. The Hall–Kier alpha value is -0.590. The van der Waals surface area contributed by atoms with Gasteiger partial charge in [0.15, 0.2) is 0 Å². The molecule has 0 saturated carbocycles. The van der Waals surface area contributed by atoms with Gasteiger partial charge in [0.25, 0.3) is 0 Å². The lowest BCUT2D eigenvalue weighted by atomic mass is 10.1. The summed E-state index contributed by atoms with van der Waals surface area (Å²) in [5.41, 5.74) is 6.65. The number of rotatable bonds is 5. The van der Waals surface area contributed by atoms with Crippen molar-refractivity contribution in [2.75, 3.05) is 13.2 Å². The van der Waals surface area contributed by atoms with E-state index in [0.29, 0.717) is 6.42 Å². The molecule has 2 nitrogen and oxygen atoms in total. The molecule has 17 heavy (non-hydrogen) atoms. The molecule has 0 amide bonds. The molecule has 1 aromatic rings. The molecule has 0 heterocycles. The maximum atomic E-state index is 11.8. The van der Waals surface area contributed by atoms with Gasteiger partial charge in [-0.05, 0) is 18.1 Å². The van der Waals surface area contributed by atoms with Gasteiger partial charge in [-0.1, -0.05) is 34.1 Å². The van der Waals surface area contributed by atoms with Gasteiger partial charge in [0.1, 0.15) is 6.61 Å². The van der Waals surface area contributed by atoms with E-state index in [1.54, 1.807) is 0 Å². The van der Waals surface area contributed by atoms with Crippen molar-refractivity contribution in [1.29, 1.82) is 0 Å². The van der Waals surface area contributed by atoms with Crippen LogP contribution >= 0.6 is 15.9 Å². The van der Waals surface area contributed by atoms with Gasteiger partial charge < -0.3 is 10.5 Å². The highest BCUT2D eigenvalue weighted by Crippen LogP contribution is 2.18. The largest absolute Gasteiger partial charge is 0.411 e. The van der Waals surface area contributed by atoms with Crippen molar-refractivity contribution >= 4 is 15.9 Å². The molecule has 96 valence electrons. The van der Waals surface area contributed by atoms with Gasteiger partial charge in [-0.15, -0.1) is 0 Å². The van der Waals surface area contributed by atoms with Crippen molar-refractivity contribution in [1.82, 2.24) is 0 Å². The summed E-state index contributed by atoms with van der Waals surface area (Å²) < 4.78 is 40.9. The van der Waals surface area contributed by atoms with Crippen molar-refractivity contribution in [3.8, 4) is 0 Å². The van der Waals surface area contributed by atoms with Crippen LogP contribution in [-0.4, -0.2) is 25.4 Å². The van der Waals surface area contributed by atoms with Crippen molar-refractivity contribution < 1.29 is 17.9 Å². The minimum absolute atomic E-state index is 0.110. The summed E-state index contributed by atoms with van der Waals surface area (Å²) in [6.07, 6.45) is -3.83. The lowest BCUT2D eigenvalue weighted by Crippen LogP contribution is -2.31. The molecular weight excluding hydrogens is 299 g/mol. The Bertz CT molecular complexity index is 357. The first-order valence-electron chi connectivity index (χ1n) is 5.02. The van der Waals surface area contributed by atoms with Crippen LogP contribution in [0, 0.1) is 0 Å². The molecule has 0 fully saturated rings. The Morgan fingerprint density at radius 1 is 1.29 bits per heavy atom. The summed E-state index contributed by atoms with van der Waals surface area (Å²) in [5.74, 6) is 0. The van der Waals surface area contributed by atoms with Crippen molar-refractivity contribution in [2.24, 2.45) is 5.73 Å². The molecule has 1 aromatic carbocycles. The SMILES string of the molecule is NC(COCC(F)(F)F)Cc1ccccc1Br. The molecule has 0 aliphatic carbocycles. The second-order valence-electron chi connectivity index (χ2n) is 3.69. The first-order valence-corrected chi connectivity index (χ1v) is 5.81. The highest BCUT2D eigenvalue weighted by atomic mass is 79.9. The fourth-order valence-corrected chi connectivity index (χ4v) is 1.78. The van der Waals surface area contributed by atoms with Crippen LogP contribution in [0.5, 0.6) is 0 Å². The lowest BCUT2D eigenvalue weighted by molar-refractivity contribution is -0.174. The molecule has 1 rings (SSSR count). The van der Waals surface area contributed by atoms with Crippen molar-refractivity contribution in [3.05, 3.63) is 34.3 Å². The molecule has 6 heteroatoms. The molecule has 2 N–H and O–H groups in total. The Morgan fingerprint density at radius 2 is 1.94 bits per heavy atom. The summed E-state index contributed by atoms with van der Waals surface area (Å²) in [6.45, 7) is -1.36. The minimum atomic E-state index is -4.30. The van der Waals surface area contributed by atoms with Gasteiger partial charge in [-0.3, -0.25) is 0 Å². The summed E-state index contributed by atoms with van der Waals surface area (Å²) >= 11 is 3.35. The zero-order valence-electron chi connectivity index (χ0n) is 9.01. The zero-order valence-corrected chi connectivity index (χ0v) is 10.6. The average Bonchev–Trinajstić information content (AvgIpc) is 2.19. The van der Waals surface area contributed by atoms with Crippen LogP contribution in [0.2, 0.25) is 0 Å². The predicted octanol–water partition coefficient (Wildman–Crippen LogP) is 2.90. The van der Waals surface area contributed by atoms with Gasteiger partial charge in [0.2, 0.25) is 0 Å². The minimum Gasteiger partial charge on any atom is -0.370 e. The number of hydrogen-bond donors (Lipinski definition) is 1. The molecule has 0 radical (unpaired) electrons. The summed E-state index contributed by atoms with van der Waals surface area (Å²) in [5, 5.41) is 0. The average molecular weight is 312 g/mol. The first-order chi connectivity index (χ1) is 7.88. The second-order valence-corrected chi connectivity index (χ2v) is 4.54. The topological polar surface area (TPSA) is 35.2 Å². The molecule has 0 aliphatic rings. The molecule has 0 aromatic heterocycles. The lowest BCUT2D eigenvalue weighted by Gasteiger charge is -2.14. The summed E-state index contributed by atoms with van der Waals surface area (Å²) in [6, 6.07) is 6.99. The van der Waals surface area contributed by atoms with Crippen LogP contribution in [0.4, 0.5) is 13.2 Å². The quantitative estimate of drug-likeness (QED) is 0.907. The van der Waals surface area contributed by atoms with E-state index >= 15 is 0 Å². The Kier molecular flexibility index (Phi) is 5.42. The number of hydrogen-bond acceptors (Lipinski definition) is 2. The second kappa shape index (κ2) is 6.37. The normalized spacial score (nSPS) is 13.7. The smallest absolute Gasteiger partial charge is 0.370 e. The van der Waals surface area contributed by atoms with E-state index < -0.39 is 18.8 Å².